The number of nitrogens with zero attached hydrogens (tertiary/aromatic N) is 1. The zero-order valence-corrected chi connectivity index (χ0v) is 29.0. The van der Waals surface area contributed by atoms with Crippen LogP contribution in [0.4, 0.5) is 0 Å². The summed E-state index contributed by atoms with van der Waals surface area (Å²) in [6.07, 6.45) is 6.97. The van der Waals surface area contributed by atoms with Gasteiger partial charge in [0, 0.05) is 36.5 Å². The number of aromatic amines is 1. The van der Waals surface area contributed by atoms with Crippen molar-refractivity contribution in [2.45, 2.75) is 96.4 Å². The Labute approximate surface area is 288 Å². The van der Waals surface area contributed by atoms with Crippen molar-refractivity contribution in [1.82, 2.24) is 20.5 Å². The number of H-pyrrole nitrogens is 1. The molecule has 264 valence electrons. The standard InChI is InChI=1S/C38H51N5O6/c1-24-10-9-11-26(3)49-35(45)22-33(27-15-17-29(44)18-16-27)42-37(47)34(21-28-23-40-31-13-6-5-12-30(28)31)43(4)38(48)32(14-7-8-19-39)41-36(46)25(2)20-24/h5-6,10,12-13,15-18,23,25-26,32-34,40,44H,7-9,11,14,19-22,39H2,1-4H3,(H,41,46)(H,42,47)/b24-10+/t25?,26-,32-,33+,34?/m0/s1. The number of allylic oxidation sites excluding steroid dienone is 2. The highest BCUT2D eigenvalue weighted by molar-refractivity contribution is 5.93. The lowest BCUT2D eigenvalue weighted by Crippen LogP contribution is -2.56. The third-order valence-corrected chi connectivity index (χ3v) is 9.22. The molecule has 11 nitrogen and oxygen atoms in total. The summed E-state index contributed by atoms with van der Waals surface area (Å²) in [7, 11) is 1.58. The smallest absolute Gasteiger partial charge is 0.308 e. The number of nitrogens with two attached hydrogens (primary N) is 1. The second-order valence-corrected chi connectivity index (χ2v) is 13.3. The van der Waals surface area contributed by atoms with Gasteiger partial charge in [-0.3, -0.25) is 19.2 Å². The lowest BCUT2D eigenvalue weighted by atomic mass is 9.98. The highest BCUT2D eigenvalue weighted by Crippen LogP contribution is 2.25. The van der Waals surface area contributed by atoms with Crippen LogP contribution in [0, 0.1) is 5.92 Å². The summed E-state index contributed by atoms with van der Waals surface area (Å²) in [5.74, 6) is -1.93. The fourth-order valence-corrected chi connectivity index (χ4v) is 6.33. The number of unbranched alkanes of at least 4 members (excludes halogenated alkanes) is 1. The van der Waals surface area contributed by atoms with E-state index in [-0.39, 0.29) is 36.5 Å². The Hall–Kier alpha value is -4.64. The van der Waals surface area contributed by atoms with Crippen molar-refractivity contribution in [2.24, 2.45) is 11.7 Å². The van der Waals surface area contributed by atoms with Crippen LogP contribution in [-0.2, 0) is 30.3 Å². The third-order valence-electron chi connectivity index (χ3n) is 9.22. The van der Waals surface area contributed by atoms with Gasteiger partial charge in [-0.15, -0.1) is 0 Å². The van der Waals surface area contributed by atoms with Gasteiger partial charge in [-0.2, -0.15) is 0 Å². The molecule has 0 bridgehead atoms. The molecule has 1 aliphatic rings. The normalized spacial score (nSPS) is 25.0. The average Bonchev–Trinajstić information content (AvgIpc) is 3.48. The van der Waals surface area contributed by atoms with E-state index in [0.29, 0.717) is 50.6 Å². The molecule has 5 atom stereocenters. The topological polar surface area (TPSA) is 167 Å². The van der Waals surface area contributed by atoms with Gasteiger partial charge in [0.15, 0.2) is 0 Å². The molecule has 11 heteroatoms. The number of carbonyl (C=O) groups excluding carboxylic acids is 4. The van der Waals surface area contributed by atoms with Crippen molar-refractivity contribution in [3.63, 3.8) is 0 Å². The van der Waals surface area contributed by atoms with E-state index >= 15 is 0 Å². The van der Waals surface area contributed by atoms with Crippen LogP contribution in [0.3, 0.4) is 0 Å². The number of phenols is 1. The summed E-state index contributed by atoms with van der Waals surface area (Å²) in [6.45, 7) is 6.09. The largest absolute Gasteiger partial charge is 0.508 e. The van der Waals surface area contributed by atoms with Crippen molar-refractivity contribution < 1.29 is 29.0 Å². The van der Waals surface area contributed by atoms with Gasteiger partial charge in [0.25, 0.3) is 0 Å². The maximum Gasteiger partial charge on any atom is 0.308 e. The Balaban J connectivity index is 1.75. The van der Waals surface area contributed by atoms with Gasteiger partial charge < -0.3 is 36.1 Å². The molecule has 0 radical (unpaired) electrons. The molecule has 6 N–H and O–H groups in total. The van der Waals surface area contributed by atoms with Crippen molar-refractivity contribution in [2.75, 3.05) is 13.6 Å². The number of aromatic nitrogens is 1. The maximum atomic E-state index is 14.4. The summed E-state index contributed by atoms with van der Waals surface area (Å²) < 4.78 is 5.75. The van der Waals surface area contributed by atoms with Gasteiger partial charge in [-0.25, -0.2) is 0 Å². The van der Waals surface area contributed by atoms with Crippen LogP contribution < -0.4 is 16.4 Å². The first kappa shape index (κ1) is 37.2. The predicted octanol–water partition coefficient (Wildman–Crippen LogP) is 4.80. The average molecular weight is 674 g/mol. The van der Waals surface area contributed by atoms with E-state index in [0.717, 1.165) is 22.0 Å². The number of para-hydroxylation sites is 1. The number of hydrogen-bond donors (Lipinski definition) is 5. The molecule has 0 spiro atoms. The summed E-state index contributed by atoms with van der Waals surface area (Å²) in [5, 5.41) is 16.9. The molecule has 0 saturated carbocycles. The predicted molar refractivity (Wildman–Crippen MR) is 189 cm³/mol. The van der Waals surface area contributed by atoms with Crippen LogP contribution >= 0.6 is 0 Å². The molecule has 3 aromatic rings. The number of fused-ring (bicyclic) bond motifs is 1. The molecule has 3 amide bonds. The van der Waals surface area contributed by atoms with Gasteiger partial charge in [0.05, 0.1) is 18.6 Å². The van der Waals surface area contributed by atoms with Crippen LogP contribution in [0.2, 0.25) is 0 Å². The number of hydrogen-bond acceptors (Lipinski definition) is 7. The Morgan fingerprint density at radius 3 is 2.43 bits per heavy atom. The quantitative estimate of drug-likeness (QED) is 0.136. The number of benzene rings is 2. The molecule has 1 aromatic heterocycles. The summed E-state index contributed by atoms with van der Waals surface area (Å²) in [5.41, 5.74) is 9.12. The molecule has 4 rings (SSSR count). The lowest BCUT2D eigenvalue weighted by molar-refractivity contribution is -0.149. The van der Waals surface area contributed by atoms with Gasteiger partial charge >= 0.3 is 5.97 Å². The number of likely N-dealkylation sites (N-methyl/N-ethyl adjacent to an activating group) is 1. The first-order chi connectivity index (χ1) is 23.5. The lowest BCUT2D eigenvalue weighted by Gasteiger charge is -2.32. The van der Waals surface area contributed by atoms with Gasteiger partial charge in [0.2, 0.25) is 17.7 Å². The van der Waals surface area contributed by atoms with Crippen LogP contribution in [0.15, 0.2) is 66.4 Å². The zero-order valence-electron chi connectivity index (χ0n) is 29.0. The highest BCUT2D eigenvalue weighted by Gasteiger charge is 2.35. The number of amides is 3. The number of phenolic OH excluding ortho intramolecular Hbond substituents is 1. The van der Waals surface area contributed by atoms with E-state index in [1.165, 1.54) is 17.0 Å². The van der Waals surface area contributed by atoms with E-state index in [1.807, 2.05) is 51.2 Å². The van der Waals surface area contributed by atoms with Crippen LogP contribution in [0.1, 0.15) is 82.9 Å². The molecule has 1 aliphatic heterocycles. The fourth-order valence-electron chi connectivity index (χ4n) is 6.33. The van der Waals surface area contributed by atoms with Gasteiger partial charge in [-0.1, -0.05) is 48.9 Å². The molecule has 49 heavy (non-hydrogen) atoms. The summed E-state index contributed by atoms with van der Waals surface area (Å²) in [4.78, 5) is 60.0. The van der Waals surface area contributed by atoms with Crippen LogP contribution in [0.25, 0.3) is 10.9 Å². The molecule has 2 aromatic carbocycles. The number of carbonyl (C=O) groups is 4. The van der Waals surface area contributed by atoms with Gasteiger partial charge in [0.1, 0.15) is 17.8 Å². The molecule has 0 saturated heterocycles. The van der Waals surface area contributed by atoms with Crippen molar-refractivity contribution in [1.29, 1.82) is 0 Å². The SMILES string of the molecule is C/C1=C\CC[C@H](C)OC(=O)C[C@H](c2ccc(O)cc2)NC(=O)C(Cc2c[nH]c3ccccc23)N(C)C(=O)[C@H](CCCCN)NC(=O)C(C)C1. The van der Waals surface area contributed by atoms with Crippen LogP contribution in [0.5, 0.6) is 5.75 Å². The second-order valence-electron chi connectivity index (χ2n) is 13.3. The summed E-state index contributed by atoms with van der Waals surface area (Å²) >= 11 is 0. The first-order valence-electron chi connectivity index (χ1n) is 17.2. The van der Waals surface area contributed by atoms with E-state index in [9.17, 15) is 24.3 Å². The minimum atomic E-state index is -1.00. The fraction of sp³-hybridized carbons (Fsp3) is 0.474. The Morgan fingerprint density at radius 2 is 1.69 bits per heavy atom. The second kappa shape index (κ2) is 17.7. The number of rotatable bonds is 7. The van der Waals surface area contributed by atoms with E-state index in [4.69, 9.17) is 10.5 Å². The van der Waals surface area contributed by atoms with E-state index in [2.05, 4.69) is 21.7 Å². The minimum Gasteiger partial charge on any atom is -0.508 e. The molecule has 0 fully saturated rings. The zero-order chi connectivity index (χ0) is 35.5. The van der Waals surface area contributed by atoms with E-state index in [1.54, 1.807) is 19.2 Å². The van der Waals surface area contributed by atoms with Crippen molar-refractivity contribution in [3.05, 3.63) is 77.5 Å². The van der Waals surface area contributed by atoms with Crippen molar-refractivity contribution in [3.8, 4) is 5.75 Å². The molecule has 2 unspecified atom stereocenters. The van der Waals surface area contributed by atoms with Crippen molar-refractivity contribution >= 4 is 34.6 Å². The van der Waals surface area contributed by atoms with E-state index < -0.39 is 35.9 Å². The number of cyclic esters (lactones) is 1. The summed E-state index contributed by atoms with van der Waals surface area (Å²) in [6, 6.07) is 11.3. The van der Waals surface area contributed by atoms with Gasteiger partial charge in [-0.05, 0) is 88.2 Å². The third kappa shape index (κ3) is 10.4. The Morgan fingerprint density at radius 1 is 0.959 bits per heavy atom. The number of nitrogens with one attached hydrogen (secondary N) is 3. The Bertz CT molecular complexity index is 1620. The maximum absolute atomic E-state index is 14.4. The molecule has 0 aliphatic carbocycles. The Kier molecular flexibility index (Phi) is 13.4. The number of esters is 1. The highest BCUT2D eigenvalue weighted by atomic mass is 16.5. The molecular weight excluding hydrogens is 622 g/mol. The van der Waals surface area contributed by atoms with Crippen LogP contribution in [-0.4, -0.2) is 70.5 Å². The minimum absolute atomic E-state index is 0.0466. The number of ether oxygens (including phenoxy) is 1. The monoisotopic (exact) mass is 673 g/mol. The first-order valence-corrected chi connectivity index (χ1v) is 17.2. The molecular formula is C38H51N5O6. The molecule has 2 heterocycles. The number of aromatic hydroxyl groups is 1.